The van der Waals surface area contributed by atoms with Crippen LogP contribution in [-0.2, 0) is 9.53 Å². The van der Waals surface area contributed by atoms with Gasteiger partial charge < -0.3 is 14.7 Å². The van der Waals surface area contributed by atoms with Gasteiger partial charge in [-0.15, -0.1) is 0 Å². The Morgan fingerprint density at radius 2 is 2.25 bits per heavy atom. The van der Waals surface area contributed by atoms with Gasteiger partial charge in [-0.2, -0.15) is 0 Å². The highest BCUT2D eigenvalue weighted by Gasteiger charge is 2.24. The van der Waals surface area contributed by atoms with Crippen LogP contribution >= 0.6 is 0 Å². The van der Waals surface area contributed by atoms with Gasteiger partial charge in [0.05, 0.1) is 6.10 Å². The number of carbonyl (C=O) groups is 1. The first-order chi connectivity index (χ1) is 7.63. The number of aliphatic carboxylic acids is 1. The third-order valence-electron chi connectivity index (χ3n) is 3.46. The second kappa shape index (κ2) is 6.86. The van der Waals surface area contributed by atoms with Gasteiger partial charge in [0.25, 0.3) is 0 Å². The fraction of sp³-hybridized carbons (Fsp3) is 0.917. The minimum atomic E-state index is -0.702. The Kier molecular flexibility index (Phi) is 5.77. The Hall–Kier alpha value is -0.610. The van der Waals surface area contributed by atoms with E-state index >= 15 is 0 Å². The van der Waals surface area contributed by atoms with E-state index in [9.17, 15) is 4.79 Å². The van der Waals surface area contributed by atoms with E-state index in [0.717, 1.165) is 25.8 Å². The van der Waals surface area contributed by atoms with Crippen LogP contribution in [0.15, 0.2) is 0 Å². The van der Waals surface area contributed by atoms with E-state index in [2.05, 4.69) is 11.9 Å². The highest BCUT2D eigenvalue weighted by molar-refractivity contribution is 5.66. The molecule has 0 saturated heterocycles. The van der Waals surface area contributed by atoms with Crippen LogP contribution in [0.4, 0.5) is 0 Å². The summed E-state index contributed by atoms with van der Waals surface area (Å²) in [6.07, 6.45) is 6.07. The molecule has 1 aliphatic carbocycles. The molecule has 2 atom stereocenters. The smallest absolute Gasteiger partial charge is 0.303 e. The fourth-order valence-electron chi connectivity index (χ4n) is 2.40. The Labute approximate surface area is 97.6 Å². The number of hydrogen-bond donors (Lipinski definition) is 1. The standard InChI is InChI=1S/C12H23NO3/c1-13(8-4-7-12(14)15)10-5-3-6-11(9-10)16-2/h10-11H,3-9H2,1-2H3,(H,14,15). The van der Waals surface area contributed by atoms with E-state index in [1.165, 1.54) is 12.8 Å². The van der Waals surface area contributed by atoms with Crippen molar-refractivity contribution < 1.29 is 14.6 Å². The van der Waals surface area contributed by atoms with E-state index in [4.69, 9.17) is 9.84 Å². The molecule has 0 aromatic carbocycles. The third kappa shape index (κ3) is 4.49. The zero-order valence-electron chi connectivity index (χ0n) is 10.3. The highest BCUT2D eigenvalue weighted by Crippen LogP contribution is 2.24. The van der Waals surface area contributed by atoms with Crippen LogP contribution in [0.3, 0.4) is 0 Å². The molecule has 0 amide bonds. The molecule has 0 bridgehead atoms. The summed E-state index contributed by atoms with van der Waals surface area (Å²) in [5, 5.41) is 8.58. The number of ether oxygens (including phenoxy) is 1. The van der Waals surface area contributed by atoms with E-state index < -0.39 is 5.97 Å². The largest absolute Gasteiger partial charge is 0.481 e. The lowest BCUT2D eigenvalue weighted by atomic mass is 9.92. The van der Waals surface area contributed by atoms with Crippen molar-refractivity contribution in [2.75, 3.05) is 20.7 Å². The Morgan fingerprint density at radius 1 is 1.50 bits per heavy atom. The van der Waals surface area contributed by atoms with Crippen LogP contribution in [0.1, 0.15) is 38.5 Å². The lowest BCUT2D eigenvalue weighted by molar-refractivity contribution is -0.137. The van der Waals surface area contributed by atoms with Crippen molar-refractivity contribution in [3.63, 3.8) is 0 Å². The van der Waals surface area contributed by atoms with Gasteiger partial charge in [-0.3, -0.25) is 4.79 Å². The average molecular weight is 229 g/mol. The minimum Gasteiger partial charge on any atom is -0.481 e. The molecule has 4 heteroatoms. The first-order valence-electron chi connectivity index (χ1n) is 6.08. The number of rotatable bonds is 6. The molecule has 4 nitrogen and oxygen atoms in total. The molecular weight excluding hydrogens is 206 g/mol. The summed E-state index contributed by atoms with van der Waals surface area (Å²) in [6, 6.07) is 0.562. The van der Waals surface area contributed by atoms with Gasteiger partial charge in [-0.05, 0) is 45.7 Å². The lowest BCUT2D eigenvalue weighted by Gasteiger charge is -2.34. The van der Waals surface area contributed by atoms with Crippen molar-refractivity contribution in [1.29, 1.82) is 0 Å². The molecule has 1 rings (SSSR count). The Bertz CT molecular complexity index is 220. The maximum atomic E-state index is 10.4. The third-order valence-corrected chi connectivity index (χ3v) is 3.46. The van der Waals surface area contributed by atoms with Crippen molar-refractivity contribution in [1.82, 2.24) is 4.90 Å². The summed E-state index contributed by atoms with van der Waals surface area (Å²) >= 11 is 0. The number of carboxylic acid groups (broad SMARTS) is 1. The molecule has 0 radical (unpaired) electrons. The molecule has 94 valence electrons. The first-order valence-corrected chi connectivity index (χ1v) is 6.08. The van der Waals surface area contributed by atoms with Gasteiger partial charge in [-0.25, -0.2) is 0 Å². The predicted octanol–water partition coefficient (Wildman–Crippen LogP) is 1.74. The lowest BCUT2D eigenvalue weighted by Crippen LogP contribution is -2.38. The number of nitrogens with zero attached hydrogens (tertiary/aromatic N) is 1. The van der Waals surface area contributed by atoms with Crippen molar-refractivity contribution in [2.24, 2.45) is 0 Å². The monoisotopic (exact) mass is 229 g/mol. The summed E-state index contributed by atoms with van der Waals surface area (Å²) in [7, 11) is 3.86. The Morgan fingerprint density at radius 3 is 2.88 bits per heavy atom. The maximum absolute atomic E-state index is 10.4. The van der Waals surface area contributed by atoms with E-state index in [0.29, 0.717) is 12.1 Å². The van der Waals surface area contributed by atoms with Crippen LogP contribution in [0, 0.1) is 0 Å². The molecule has 16 heavy (non-hydrogen) atoms. The molecule has 0 aromatic rings. The second-order valence-corrected chi connectivity index (χ2v) is 4.66. The van der Waals surface area contributed by atoms with Gasteiger partial charge in [0.1, 0.15) is 0 Å². The normalized spacial score (nSPS) is 25.9. The molecule has 1 N–H and O–H groups in total. The molecule has 0 aromatic heterocycles. The molecule has 0 spiro atoms. The van der Waals surface area contributed by atoms with Crippen LogP contribution < -0.4 is 0 Å². The van der Waals surface area contributed by atoms with E-state index in [-0.39, 0.29) is 6.42 Å². The molecular formula is C12H23NO3. The zero-order chi connectivity index (χ0) is 12.0. The number of carboxylic acids is 1. The number of hydrogen-bond acceptors (Lipinski definition) is 3. The molecule has 1 fully saturated rings. The summed E-state index contributed by atoms with van der Waals surface area (Å²) in [4.78, 5) is 12.7. The van der Waals surface area contributed by atoms with Crippen LogP contribution in [0.25, 0.3) is 0 Å². The van der Waals surface area contributed by atoms with Crippen LogP contribution in [0.2, 0.25) is 0 Å². The second-order valence-electron chi connectivity index (χ2n) is 4.66. The fourth-order valence-corrected chi connectivity index (χ4v) is 2.40. The van der Waals surface area contributed by atoms with Crippen molar-refractivity contribution in [2.45, 2.75) is 50.7 Å². The van der Waals surface area contributed by atoms with Gasteiger partial charge in [0.15, 0.2) is 0 Å². The molecule has 0 heterocycles. The molecule has 1 aliphatic rings. The zero-order valence-corrected chi connectivity index (χ0v) is 10.3. The van der Waals surface area contributed by atoms with Gasteiger partial charge in [-0.1, -0.05) is 0 Å². The van der Waals surface area contributed by atoms with E-state index in [1.54, 1.807) is 7.11 Å². The highest BCUT2D eigenvalue weighted by atomic mass is 16.5. The van der Waals surface area contributed by atoms with Crippen LogP contribution in [-0.4, -0.2) is 48.8 Å². The Balaban J connectivity index is 2.24. The maximum Gasteiger partial charge on any atom is 0.303 e. The summed E-state index contributed by atoms with van der Waals surface area (Å²) in [5.41, 5.74) is 0. The first kappa shape index (κ1) is 13.5. The van der Waals surface area contributed by atoms with E-state index in [1.807, 2.05) is 0 Å². The van der Waals surface area contributed by atoms with Gasteiger partial charge >= 0.3 is 5.97 Å². The summed E-state index contributed by atoms with van der Waals surface area (Å²) in [6.45, 7) is 0.868. The molecule has 0 aliphatic heterocycles. The summed E-state index contributed by atoms with van der Waals surface area (Å²) in [5.74, 6) is -0.702. The topological polar surface area (TPSA) is 49.8 Å². The number of methoxy groups -OCH3 is 1. The minimum absolute atomic E-state index is 0.269. The SMILES string of the molecule is COC1CCCC(N(C)CCCC(=O)O)C1. The summed E-state index contributed by atoms with van der Waals surface area (Å²) < 4.78 is 5.39. The molecule has 2 unspecified atom stereocenters. The molecule has 1 saturated carbocycles. The van der Waals surface area contributed by atoms with Crippen molar-refractivity contribution in [3.8, 4) is 0 Å². The van der Waals surface area contributed by atoms with Crippen LogP contribution in [0.5, 0.6) is 0 Å². The quantitative estimate of drug-likeness (QED) is 0.753. The predicted molar refractivity (Wildman–Crippen MR) is 62.6 cm³/mol. The van der Waals surface area contributed by atoms with Crippen molar-refractivity contribution in [3.05, 3.63) is 0 Å². The average Bonchev–Trinajstić information content (AvgIpc) is 2.28. The van der Waals surface area contributed by atoms with Crippen molar-refractivity contribution >= 4 is 5.97 Å². The van der Waals surface area contributed by atoms with Gasteiger partial charge in [0.2, 0.25) is 0 Å². The van der Waals surface area contributed by atoms with Gasteiger partial charge in [0, 0.05) is 19.6 Å².